The van der Waals surface area contributed by atoms with Crippen LogP contribution in [0.2, 0.25) is 0 Å². The average Bonchev–Trinajstić information content (AvgIpc) is 3.23. The Kier molecular flexibility index (Phi) is 4.69. The van der Waals surface area contributed by atoms with Crippen LogP contribution in [0.3, 0.4) is 0 Å². The first-order chi connectivity index (χ1) is 13.5. The predicted octanol–water partition coefficient (Wildman–Crippen LogP) is 3.93. The van der Waals surface area contributed by atoms with E-state index in [0.717, 1.165) is 11.1 Å². The number of benzene rings is 2. The van der Waals surface area contributed by atoms with Gasteiger partial charge in [0.15, 0.2) is 5.76 Å². The Morgan fingerprint density at radius 1 is 1.11 bits per heavy atom. The van der Waals surface area contributed by atoms with Gasteiger partial charge in [-0.15, -0.1) is 0 Å². The highest BCUT2D eigenvalue weighted by Crippen LogP contribution is 2.26. The van der Waals surface area contributed by atoms with Gasteiger partial charge in [0.2, 0.25) is 5.91 Å². The predicted molar refractivity (Wildman–Crippen MR) is 102 cm³/mol. The van der Waals surface area contributed by atoms with E-state index in [2.05, 4.69) is 5.32 Å². The molecular formula is C22H19FN2O3. The molecule has 0 bridgehead atoms. The van der Waals surface area contributed by atoms with Crippen LogP contribution in [-0.2, 0) is 17.8 Å². The molecule has 1 unspecified atom stereocenters. The van der Waals surface area contributed by atoms with Crippen molar-refractivity contribution >= 4 is 17.5 Å². The minimum Gasteiger partial charge on any atom is -0.459 e. The first-order valence-electron chi connectivity index (χ1n) is 9.01. The molecule has 0 fully saturated rings. The highest BCUT2D eigenvalue weighted by atomic mass is 19.1. The Labute approximate surface area is 161 Å². The lowest BCUT2D eigenvalue weighted by Gasteiger charge is -2.35. The molecule has 2 aromatic carbocycles. The van der Waals surface area contributed by atoms with Gasteiger partial charge in [0.25, 0.3) is 5.91 Å². The number of hydrogen-bond acceptors (Lipinski definition) is 3. The van der Waals surface area contributed by atoms with Crippen molar-refractivity contribution in [3.05, 3.63) is 89.1 Å². The number of aryl methyl sites for hydroxylation is 1. The smallest absolute Gasteiger partial charge is 0.290 e. The fourth-order valence-electron chi connectivity index (χ4n) is 3.50. The Morgan fingerprint density at radius 2 is 1.89 bits per heavy atom. The Bertz CT molecular complexity index is 1030. The van der Waals surface area contributed by atoms with Gasteiger partial charge in [-0.2, -0.15) is 0 Å². The number of carbonyl (C=O) groups excluding carboxylic acids is 2. The van der Waals surface area contributed by atoms with Gasteiger partial charge in [0.1, 0.15) is 11.9 Å². The first-order valence-corrected chi connectivity index (χ1v) is 9.01. The number of halogens is 1. The van der Waals surface area contributed by atoms with E-state index >= 15 is 0 Å². The second-order valence-electron chi connectivity index (χ2n) is 6.85. The van der Waals surface area contributed by atoms with Crippen LogP contribution in [0.4, 0.5) is 10.1 Å². The zero-order valence-corrected chi connectivity index (χ0v) is 15.3. The molecule has 1 aliphatic rings. The van der Waals surface area contributed by atoms with Crippen molar-refractivity contribution in [2.75, 3.05) is 5.32 Å². The van der Waals surface area contributed by atoms with Crippen molar-refractivity contribution in [1.29, 1.82) is 0 Å². The van der Waals surface area contributed by atoms with Crippen molar-refractivity contribution in [2.24, 2.45) is 0 Å². The van der Waals surface area contributed by atoms with Gasteiger partial charge in [0, 0.05) is 18.7 Å². The van der Waals surface area contributed by atoms with E-state index in [1.165, 1.54) is 29.4 Å². The lowest BCUT2D eigenvalue weighted by molar-refractivity contribution is -0.121. The number of furan rings is 1. The summed E-state index contributed by atoms with van der Waals surface area (Å²) in [5.74, 6) is -0.827. The van der Waals surface area contributed by atoms with Crippen LogP contribution in [0.1, 0.15) is 27.2 Å². The van der Waals surface area contributed by atoms with Gasteiger partial charge in [-0.1, -0.05) is 24.3 Å². The molecule has 1 aromatic heterocycles. The molecule has 3 aromatic rings. The van der Waals surface area contributed by atoms with Gasteiger partial charge in [-0.3, -0.25) is 9.59 Å². The number of nitrogens with one attached hydrogen (secondary N) is 1. The van der Waals surface area contributed by atoms with E-state index in [4.69, 9.17) is 4.42 Å². The molecule has 5 nitrogen and oxygen atoms in total. The zero-order valence-electron chi connectivity index (χ0n) is 15.3. The zero-order chi connectivity index (χ0) is 19.7. The van der Waals surface area contributed by atoms with E-state index in [1.807, 2.05) is 24.3 Å². The van der Waals surface area contributed by atoms with Crippen LogP contribution >= 0.6 is 0 Å². The number of nitrogens with zero attached hydrogens (tertiary/aromatic N) is 1. The number of fused-ring (bicyclic) bond motifs is 1. The van der Waals surface area contributed by atoms with E-state index < -0.39 is 6.04 Å². The van der Waals surface area contributed by atoms with Gasteiger partial charge >= 0.3 is 0 Å². The number of carbonyl (C=O) groups is 2. The van der Waals surface area contributed by atoms with E-state index in [-0.39, 0.29) is 23.4 Å². The highest BCUT2D eigenvalue weighted by molar-refractivity contribution is 6.01. The maximum atomic E-state index is 13.4. The molecule has 2 amide bonds. The number of hydrogen-bond donors (Lipinski definition) is 1. The quantitative estimate of drug-likeness (QED) is 0.751. The Balaban J connectivity index is 1.65. The molecule has 6 heteroatoms. The van der Waals surface area contributed by atoms with Crippen LogP contribution in [0.15, 0.2) is 65.3 Å². The molecule has 0 saturated carbocycles. The maximum absolute atomic E-state index is 13.4. The summed E-state index contributed by atoms with van der Waals surface area (Å²) in [6.45, 7) is 2.04. The summed E-state index contributed by atoms with van der Waals surface area (Å²) in [4.78, 5) is 27.5. The molecule has 0 aliphatic carbocycles. The minimum atomic E-state index is -0.697. The summed E-state index contributed by atoms with van der Waals surface area (Å²) in [6, 6.07) is 14.5. The fraction of sp³-hybridized carbons (Fsp3) is 0.182. The average molecular weight is 378 g/mol. The molecule has 1 atom stereocenters. The molecular weight excluding hydrogens is 359 g/mol. The fourth-order valence-corrected chi connectivity index (χ4v) is 3.50. The monoisotopic (exact) mass is 378 g/mol. The standard InChI is InChI=1S/C22H19FN2O3/c1-14-11-17(23)8-9-18(14)24-21(26)19-12-15-5-2-3-6-16(15)13-25(19)22(27)20-7-4-10-28-20/h2-11,19H,12-13H2,1H3,(H,24,26). The van der Waals surface area contributed by atoms with Crippen LogP contribution in [0.5, 0.6) is 0 Å². The normalized spacial score (nSPS) is 15.8. The topological polar surface area (TPSA) is 62.6 Å². The molecule has 4 rings (SSSR count). The summed E-state index contributed by atoms with van der Waals surface area (Å²) in [5.41, 5.74) is 3.18. The molecule has 0 spiro atoms. The van der Waals surface area contributed by atoms with E-state index in [1.54, 1.807) is 19.1 Å². The summed E-state index contributed by atoms with van der Waals surface area (Å²) >= 11 is 0. The van der Waals surface area contributed by atoms with E-state index in [0.29, 0.717) is 24.2 Å². The van der Waals surface area contributed by atoms with Crippen molar-refractivity contribution in [2.45, 2.75) is 25.9 Å². The second-order valence-corrected chi connectivity index (χ2v) is 6.85. The SMILES string of the molecule is Cc1cc(F)ccc1NC(=O)C1Cc2ccccc2CN1C(=O)c1ccco1. The second kappa shape index (κ2) is 7.31. The largest absolute Gasteiger partial charge is 0.459 e. The van der Waals surface area contributed by atoms with E-state index in [9.17, 15) is 14.0 Å². The maximum Gasteiger partial charge on any atom is 0.290 e. The summed E-state index contributed by atoms with van der Waals surface area (Å²) in [6.07, 6.45) is 1.83. The van der Waals surface area contributed by atoms with Crippen molar-refractivity contribution in [3.63, 3.8) is 0 Å². The molecule has 142 valence electrons. The molecule has 0 radical (unpaired) electrons. The molecule has 1 N–H and O–H groups in total. The van der Waals surface area contributed by atoms with Gasteiger partial charge in [-0.05, 0) is 53.9 Å². The summed E-state index contributed by atoms with van der Waals surface area (Å²) in [7, 11) is 0. The van der Waals surface area contributed by atoms with Crippen LogP contribution in [0.25, 0.3) is 0 Å². The summed E-state index contributed by atoms with van der Waals surface area (Å²) < 4.78 is 18.6. The van der Waals surface area contributed by atoms with Gasteiger partial charge in [-0.25, -0.2) is 4.39 Å². The van der Waals surface area contributed by atoms with Crippen molar-refractivity contribution in [3.8, 4) is 0 Å². The number of anilines is 1. The number of rotatable bonds is 3. The Morgan fingerprint density at radius 3 is 2.61 bits per heavy atom. The first kappa shape index (κ1) is 18.0. The van der Waals surface area contributed by atoms with Crippen molar-refractivity contribution in [1.82, 2.24) is 4.90 Å². The molecule has 28 heavy (non-hydrogen) atoms. The third kappa shape index (κ3) is 3.41. The van der Waals surface area contributed by atoms with Gasteiger partial charge < -0.3 is 14.6 Å². The molecule has 1 aliphatic heterocycles. The summed E-state index contributed by atoms with van der Waals surface area (Å²) in [5, 5.41) is 2.84. The van der Waals surface area contributed by atoms with Crippen LogP contribution < -0.4 is 5.32 Å². The molecule has 2 heterocycles. The highest BCUT2D eigenvalue weighted by Gasteiger charge is 2.36. The third-order valence-corrected chi connectivity index (χ3v) is 4.99. The third-order valence-electron chi connectivity index (χ3n) is 4.99. The minimum absolute atomic E-state index is 0.190. The number of amides is 2. The Hall–Kier alpha value is -3.41. The van der Waals surface area contributed by atoms with Crippen LogP contribution in [0, 0.1) is 12.7 Å². The van der Waals surface area contributed by atoms with Crippen LogP contribution in [-0.4, -0.2) is 22.8 Å². The lowest BCUT2D eigenvalue weighted by Crippen LogP contribution is -2.50. The van der Waals surface area contributed by atoms with Gasteiger partial charge in [0.05, 0.1) is 6.26 Å². The molecule has 0 saturated heterocycles. The van der Waals surface area contributed by atoms with Crippen molar-refractivity contribution < 1.29 is 18.4 Å². The lowest BCUT2D eigenvalue weighted by atomic mass is 9.93.